The molecule has 0 aromatic heterocycles. The van der Waals surface area contributed by atoms with Crippen LogP contribution < -0.4 is 4.74 Å². The SMILES string of the molecule is CCC(O)(CC)COc1ccc2c(c1)CCC2=O. The number of aryl methyl sites for hydroxylation is 1. The fourth-order valence-corrected chi connectivity index (χ4v) is 2.19. The Balaban J connectivity index is 2.05. The normalized spacial score (nSPS) is 14.7. The number of hydrogen-bond acceptors (Lipinski definition) is 3. The lowest BCUT2D eigenvalue weighted by Crippen LogP contribution is -2.34. The van der Waals surface area contributed by atoms with Crippen LogP contribution in [0.4, 0.5) is 0 Å². The molecule has 1 aliphatic rings. The molecule has 0 spiro atoms. The molecule has 1 N–H and O–H groups in total. The predicted octanol–water partition coefficient (Wildman–Crippen LogP) is 2.75. The standard InChI is InChI=1S/C15H20O3/c1-3-15(17,4-2)10-18-12-6-7-13-11(9-12)5-8-14(13)16/h6-7,9,17H,3-5,8,10H2,1-2H3. The maximum atomic E-state index is 11.5. The summed E-state index contributed by atoms with van der Waals surface area (Å²) in [4.78, 5) is 11.5. The van der Waals surface area contributed by atoms with Crippen LogP contribution in [0, 0.1) is 0 Å². The number of hydrogen-bond donors (Lipinski definition) is 1. The molecule has 1 aliphatic carbocycles. The molecule has 98 valence electrons. The van der Waals surface area contributed by atoms with Crippen LogP contribution in [0.5, 0.6) is 5.75 Å². The van der Waals surface area contributed by atoms with Crippen LogP contribution in [-0.4, -0.2) is 23.1 Å². The molecule has 3 nitrogen and oxygen atoms in total. The highest BCUT2D eigenvalue weighted by Gasteiger charge is 2.24. The third-order valence-corrected chi connectivity index (χ3v) is 3.82. The topological polar surface area (TPSA) is 46.5 Å². The van der Waals surface area contributed by atoms with Gasteiger partial charge in [-0.1, -0.05) is 13.8 Å². The second-order valence-corrected chi connectivity index (χ2v) is 4.96. The molecule has 0 heterocycles. The first-order valence-corrected chi connectivity index (χ1v) is 6.59. The van der Waals surface area contributed by atoms with E-state index in [2.05, 4.69) is 0 Å². The number of benzene rings is 1. The third-order valence-electron chi connectivity index (χ3n) is 3.82. The smallest absolute Gasteiger partial charge is 0.163 e. The van der Waals surface area contributed by atoms with Gasteiger partial charge in [-0.3, -0.25) is 4.79 Å². The minimum Gasteiger partial charge on any atom is -0.491 e. The number of rotatable bonds is 5. The highest BCUT2D eigenvalue weighted by Crippen LogP contribution is 2.27. The van der Waals surface area contributed by atoms with Crippen molar-refractivity contribution in [2.75, 3.05) is 6.61 Å². The van der Waals surface area contributed by atoms with E-state index in [0.29, 0.717) is 25.9 Å². The van der Waals surface area contributed by atoms with Crippen molar-refractivity contribution in [1.82, 2.24) is 0 Å². The first-order valence-electron chi connectivity index (χ1n) is 6.59. The van der Waals surface area contributed by atoms with Gasteiger partial charge >= 0.3 is 0 Å². The fourth-order valence-electron chi connectivity index (χ4n) is 2.19. The molecule has 3 heteroatoms. The number of carbonyl (C=O) groups is 1. The zero-order valence-electron chi connectivity index (χ0n) is 11.0. The van der Waals surface area contributed by atoms with E-state index < -0.39 is 5.60 Å². The monoisotopic (exact) mass is 248 g/mol. The Morgan fingerprint density at radius 2 is 2.00 bits per heavy atom. The Labute approximate surface area is 108 Å². The Hall–Kier alpha value is -1.35. The van der Waals surface area contributed by atoms with Crippen molar-refractivity contribution in [2.45, 2.75) is 45.1 Å². The maximum Gasteiger partial charge on any atom is 0.163 e. The molecule has 0 saturated carbocycles. The number of ether oxygens (including phenoxy) is 1. The molecule has 0 bridgehead atoms. The minimum atomic E-state index is -0.755. The van der Waals surface area contributed by atoms with Gasteiger partial charge in [0.1, 0.15) is 12.4 Å². The average Bonchev–Trinajstić information content (AvgIpc) is 2.77. The zero-order chi connectivity index (χ0) is 13.2. The summed E-state index contributed by atoms with van der Waals surface area (Å²) in [5.41, 5.74) is 1.13. The van der Waals surface area contributed by atoms with Gasteiger partial charge in [0.15, 0.2) is 5.78 Å². The lowest BCUT2D eigenvalue weighted by Gasteiger charge is -2.25. The minimum absolute atomic E-state index is 0.218. The van der Waals surface area contributed by atoms with Gasteiger partial charge < -0.3 is 9.84 Å². The van der Waals surface area contributed by atoms with E-state index in [9.17, 15) is 9.90 Å². The summed E-state index contributed by atoms with van der Waals surface area (Å²) in [7, 11) is 0. The van der Waals surface area contributed by atoms with Crippen molar-refractivity contribution < 1.29 is 14.6 Å². The second kappa shape index (κ2) is 5.11. The Bertz CT molecular complexity index is 447. The van der Waals surface area contributed by atoms with Crippen LogP contribution in [0.3, 0.4) is 0 Å². The Morgan fingerprint density at radius 3 is 2.67 bits per heavy atom. The molecule has 1 aromatic rings. The molecule has 1 aromatic carbocycles. The molecule has 0 unspecified atom stereocenters. The highest BCUT2D eigenvalue weighted by molar-refractivity contribution is 6.00. The van der Waals surface area contributed by atoms with Crippen molar-refractivity contribution in [3.8, 4) is 5.75 Å². The van der Waals surface area contributed by atoms with Crippen molar-refractivity contribution >= 4 is 5.78 Å². The van der Waals surface area contributed by atoms with Gasteiger partial charge in [-0.25, -0.2) is 0 Å². The summed E-state index contributed by atoms with van der Waals surface area (Å²) in [6.07, 6.45) is 2.75. The number of aliphatic hydroxyl groups is 1. The molecule has 0 aliphatic heterocycles. The van der Waals surface area contributed by atoms with Gasteiger partial charge in [0.05, 0.1) is 5.60 Å². The van der Waals surface area contributed by atoms with E-state index >= 15 is 0 Å². The van der Waals surface area contributed by atoms with Crippen molar-refractivity contribution in [3.05, 3.63) is 29.3 Å². The molecule has 0 fully saturated rings. The molecule has 2 rings (SSSR count). The third kappa shape index (κ3) is 2.56. The molecule has 0 atom stereocenters. The van der Waals surface area contributed by atoms with Crippen molar-refractivity contribution in [2.24, 2.45) is 0 Å². The second-order valence-electron chi connectivity index (χ2n) is 4.96. The lowest BCUT2D eigenvalue weighted by atomic mass is 9.99. The van der Waals surface area contributed by atoms with Crippen LogP contribution >= 0.6 is 0 Å². The summed E-state index contributed by atoms with van der Waals surface area (Å²) in [6.45, 7) is 4.20. The van der Waals surface area contributed by atoms with E-state index in [4.69, 9.17) is 4.74 Å². The summed E-state index contributed by atoms with van der Waals surface area (Å²) in [6, 6.07) is 5.57. The van der Waals surface area contributed by atoms with Gasteiger partial charge in [-0.05, 0) is 43.0 Å². The first-order chi connectivity index (χ1) is 8.58. The van der Waals surface area contributed by atoms with E-state index in [1.165, 1.54) is 0 Å². The van der Waals surface area contributed by atoms with E-state index in [1.54, 1.807) is 0 Å². The largest absolute Gasteiger partial charge is 0.491 e. The van der Waals surface area contributed by atoms with Crippen molar-refractivity contribution in [3.63, 3.8) is 0 Å². The number of ketones is 1. The number of Topliss-reactive ketones (excluding diaryl/α,β-unsaturated/α-hetero) is 1. The molecular formula is C15H20O3. The van der Waals surface area contributed by atoms with Gasteiger partial charge in [0.2, 0.25) is 0 Å². The maximum absolute atomic E-state index is 11.5. The summed E-state index contributed by atoms with van der Waals surface area (Å²) < 4.78 is 5.65. The van der Waals surface area contributed by atoms with Crippen LogP contribution in [0.2, 0.25) is 0 Å². The first kappa shape index (κ1) is 13.1. The average molecular weight is 248 g/mol. The van der Waals surface area contributed by atoms with Gasteiger partial charge in [-0.15, -0.1) is 0 Å². The van der Waals surface area contributed by atoms with E-state index in [0.717, 1.165) is 23.3 Å². The molecule has 0 saturated heterocycles. The van der Waals surface area contributed by atoms with Crippen LogP contribution in [0.15, 0.2) is 18.2 Å². The number of fused-ring (bicyclic) bond motifs is 1. The van der Waals surface area contributed by atoms with Gasteiger partial charge in [-0.2, -0.15) is 0 Å². The fraction of sp³-hybridized carbons (Fsp3) is 0.533. The molecule has 0 amide bonds. The predicted molar refractivity (Wildman–Crippen MR) is 70.1 cm³/mol. The lowest BCUT2D eigenvalue weighted by molar-refractivity contribution is -0.0113. The van der Waals surface area contributed by atoms with Gasteiger partial charge in [0, 0.05) is 12.0 Å². The van der Waals surface area contributed by atoms with Crippen molar-refractivity contribution in [1.29, 1.82) is 0 Å². The van der Waals surface area contributed by atoms with Gasteiger partial charge in [0.25, 0.3) is 0 Å². The highest BCUT2D eigenvalue weighted by atomic mass is 16.5. The summed E-state index contributed by atoms with van der Waals surface area (Å²) in [5.74, 6) is 0.957. The molecule has 0 radical (unpaired) electrons. The Morgan fingerprint density at radius 1 is 1.28 bits per heavy atom. The van der Waals surface area contributed by atoms with Crippen LogP contribution in [-0.2, 0) is 6.42 Å². The Kier molecular flexibility index (Phi) is 3.71. The summed E-state index contributed by atoms with van der Waals surface area (Å²) >= 11 is 0. The molecular weight excluding hydrogens is 228 g/mol. The van der Waals surface area contributed by atoms with E-state index in [1.807, 2.05) is 32.0 Å². The van der Waals surface area contributed by atoms with Crippen LogP contribution in [0.25, 0.3) is 0 Å². The summed E-state index contributed by atoms with van der Waals surface area (Å²) in [5, 5.41) is 10.1. The molecule has 18 heavy (non-hydrogen) atoms. The zero-order valence-corrected chi connectivity index (χ0v) is 11.0. The number of carbonyl (C=O) groups excluding carboxylic acids is 1. The van der Waals surface area contributed by atoms with Crippen LogP contribution in [0.1, 0.15) is 49.0 Å². The quantitative estimate of drug-likeness (QED) is 0.871. The van der Waals surface area contributed by atoms with E-state index in [-0.39, 0.29) is 5.78 Å².